The van der Waals surface area contributed by atoms with E-state index in [2.05, 4.69) is 17.4 Å². The Morgan fingerprint density at radius 1 is 1.88 bits per heavy atom. The zero-order chi connectivity index (χ0) is 6.57. The van der Waals surface area contributed by atoms with Crippen molar-refractivity contribution >= 4 is 6.72 Å². The van der Waals surface area contributed by atoms with Gasteiger partial charge in [0.15, 0.2) is 0 Å². The highest BCUT2D eigenvalue weighted by molar-refractivity contribution is 5.23. The van der Waals surface area contributed by atoms with Gasteiger partial charge in [0.25, 0.3) is 0 Å². The van der Waals surface area contributed by atoms with E-state index in [9.17, 15) is 5.21 Å². The minimum Gasteiger partial charge on any atom is -0.550 e. The SMILES string of the molecule is C=N[N-][NH+](C)[NH+]([O-])O. The maximum atomic E-state index is 9.87. The van der Waals surface area contributed by atoms with Crippen LogP contribution in [0.2, 0.25) is 0 Å². The van der Waals surface area contributed by atoms with Gasteiger partial charge in [0.2, 0.25) is 0 Å². The molecule has 0 aliphatic carbocycles. The normalized spacial score (nSPS) is 16.9. The predicted octanol–water partition coefficient (Wildman–Crippen LogP) is -2.91. The third-order valence-electron chi connectivity index (χ3n) is 0.530. The molecule has 0 aromatic heterocycles. The van der Waals surface area contributed by atoms with Gasteiger partial charge in [-0.05, 0) is 6.72 Å². The fourth-order valence-corrected chi connectivity index (χ4v) is 0.149. The quantitative estimate of drug-likeness (QED) is 0.276. The molecule has 0 bridgehead atoms. The summed E-state index contributed by atoms with van der Waals surface area (Å²) in [4.78, 5) is 0. The molecule has 0 aromatic carbocycles. The van der Waals surface area contributed by atoms with Crippen LogP contribution in [0.5, 0.6) is 0 Å². The Hall–Kier alpha value is -0.690. The summed E-state index contributed by atoms with van der Waals surface area (Å²) in [5, 5.41) is 19.9. The first-order valence-electron chi connectivity index (χ1n) is 1.92. The first-order valence-corrected chi connectivity index (χ1v) is 1.92. The summed E-state index contributed by atoms with van der Waals surface area (Å²) >= 11 is 0. The van der Waals surface area contributed by atoms with Crippen molar-refractivity contribution in [2.75, 3.05) is 7.05 Å². The molecule has 2 atom stereocenters. The van der Waals surface area contributed by atoms with E-state index in [0.29, 0.717) is 0 Å². The molecule has 8 heavy (non-hydrogen) atoms. The fraction of sp³-hybridized carbons (Fsp3) is 0.500. The highest BCUT2D eigenvalue weighted by Crippen LogP contribution is 1.58. The van der Waals surface area contributed by atoms with Crippen molar-refractivity contribution in [2.24, 2.45) is 5.10 Å². The number of quaternary nitrogens is 2. The first-order chi connectivity index (χ1) is 3.68. The average Bonchev–Trinajstić information content (AvgIpc) is 1.67. The molecule has 0 amide bonds. The molecule has 0 saturated heterocycles. The second-order valence-corrected chi connectivity index (χ2v) is 1.13. The summed E-state index contributed by atoms with van der Waals surface area (Å²) in [5.74, 6) is 0. The van der Waals surface area contributed by atoms with Gasteiger partial charge in [-0.1, -0.05) is 5.34 Å². The molecule has 48 valence electrons. The second-order valence-electron chi connectivity index (χ2n) is 1.13. The van der Waals surface area contributed by atoms with E-state index in [4.69, 9.17) is 5.21 Å². The van der Waals surface area contributed by atoms with Crippen LogP contribution in [0, 0.1) is 5.21 Å². The molecule has 6 nitrogen and oxygen atoms in total. The summed E-state index contributed by atoms with van der Waals surface area (Å²) in [6.07, 6.45) is 0. The highest BCUT2D eigenvalue weighted by Gasteiger charge is 1.89. The maximum Gasteiger partial charge on any atom is 0.109 e. The molecule has 6 heteroatoms. The van der Waals surface area contributed by atoms with E-state index in [1.54, 1.807) is 0 Å². The lowest BCUT2D eigenvalue weighted by Crippen LogP contribution is -3.53. The molecular weight excluding hydrogens is 112 g/mol. The molecule has 0 rings (SSSR count). The van der Waals surface area contributed by atoms with Gasteiger partial charge in [0.1, 0.15) is 7.05 Å². The molecule has 2 unspecified atom stereocenters. The summed E-state index contributed by atoms with van der Waals surface area (Å²) in [5.41, 5.74) is 3.16. The van der Waals surface area contributed by atoms with Crippen LogP contribution in [0.3, 0.4) is 0 Å². The molecular formula is C2H8N4O2. The number of hydrogen-bond donors (Lipinski definition) is 3. The fourth-order valence-electron chi connectivity index (χ4n) is 0.149. The number of rotatable bonds is 3. The van der Waals surface area contributed by atoms with Crippen LogP contribution in [0.25, 0.3) is 5.53 Å². The van der Waals surface area contributed by atoms with Crippen molar-refractivity contribution in [3.63, 3.8) is 0 Å². The smallest absolute Gasteiger partial charge is 0.109 e. The summed E-state index contributed by atoms with van der Waals surface area (Å²) in [6, 6.07) is 0. The number of hydrogen-bond acceptors (Lipinski definition) is 3. The van der Waals surface area contributed by atoms with Gasteiger partial charge in [-0.15, -0.1) is 0 Å². The molecule has 3 N–H and O–H groups in total. The van der Waals surface area contributed by atoms with E-state index in [0.717, 1.165) is 0 Å². The van der Waals surface area contributed by atoms with Gasteiger partial charge < -0.3 is 15.8 Å². The Labute approximate surface area is 46.5 Å². The van der Waals surface area contributed by atoms with Gasteiger partial charge in [-0.2, -0.15) is 10.3 Å². The predicted molar refractivity (Wildman–Crippen MR) is 25.9 cm³/mol. The van der Waals surface area contributed by atoms with Crippen LogP contribution in [-0.2, 0) is 0 Å². The zero-order valence-electron chi connectivity index (χ0n) is 4.46. The lowest BCUT2D eigenvalue weighted by molar-refractivity contribution is -1.54. The van der Waals surface area contributed by atoms with Crippen molar-refractivity contribution in [2.45, 2.75) is 0 Å². The van der Waals surface area contributed by atoms with Crippen molar-refractivity contribution < 1.29 is 15.7 Å². The molecule has 0 radical (unpaired) electrons. The molecule has 0 spiro atoms. The monoisotopic (exact) mass is 120 g/mol. The van der Waals surface area contributed by atoms with Gasteiger partial charge in [0.05, 0.1) is 0 Å². The summed E-state index contributed by atoms with van der Waals surface area (Å²) in [6.45, 7) is 2.98. The first kappa shape index (κ1) is 7.31. The van der Waals surface area contributed by atoms with Gasteiger partial charge >= 0.3 is 0 Å². The van der Waals surface area contributed by atoms with E-state index < -0.39 is 5.34 Å². The van der Waals surface area contributed by atoms with Crippen LogP contribution in [0.15, 0.2) is 5.10 Å². The van der Waals surface area contributed by atoms with Crippen LogP contribution in [0.1, 0.15) is 0 Å². The van der Waals surface area contributed by atoms with E-state index in [1.165, 1.54) is 7.05 Å². The van der Waals surface area contributed by atoms with Crippen molar-refractivity contribution in [3.8, 4) is 0 Å². The van der Waals surface area contributed by atoms with Crippen LogP contribution < -0.4 is 10.5 Å². The minimum absolute atomic E-state index is 0.0556. The lowest BCUT2D eigenvalue weighted by atomic mass is 11.4. The van der Waals surface area contributed by atoms with Gasteiger partial charge in [0, 0.05) is 0 Å². The van der Waals surface area contributed by atoms with Crippen LogP contribution in [0.4, 0.5) is 0 Å². The third-order valence-corrected chi connectivity index (χ3v) is 0.530. The topological polar surface area (TPSA) is 78.6 Å². The van der Waals surface area contributed by atoms with Crippen molar-refractivity contribution in [1.82, 2.24) is 0 Å². The summed E-state index contributed by atoms with van der Waals surface area (Å²) in [7, 11) is 1.34. The largest absolute Gasteiger partial charge is 0.550 e. The standard InChI is InChI=1S/C2H8N4O2/c1-3-4-5(2)6(7)8/h5-7H,1H2,2H3. The Balaban J connectivity index is 3.30. The van der Waals surface area contributed by atoms with E-state index in [1.807, 2.05) is 0 Å². The van der Waals surface area contributed by atoms with Crippen molar-refractivity contribution in [3.05, 3.63) is 10.7 Å². The van der Waals surface area contributed by atoms with Gasteiger partial charge in [-0.25, -0.2) is 0 Å². The average molecular weight is 120 g/mol. The Bertz CT molecular complexity index is 74.4. The minimum atomic E-state index is -1.07. The highest BCUT2D eigenvalue weighted by atomic mass is 16.8. The van der Waals surface area contributed by atoms with Crippen LogP contribution in [-0.4, -0.2) is 19.0 Å². The molecule has 0 aliphatic heterocycles. The zero-order valence-corrected chi connectivity index (χ0v) is 4.46. The number of nitrogens with zero attached hydrogens (tertiary/aromatic N) is 2. The van der Waals surface area contributed by atoms with Gasteiger partial charge in [-0.3, -0.25) is 0 Å². The van der Waals surface area contributed by atoms with Crippen LogP contribution >= 0.6 is 0 Å². The van der Waals surface area contributed by atoms with Crippen molar-refractivity contribution in [1.29, 1.82) is 0 Å². The Morgan fingerprint density at radius 3 is 2.50 bits per heavy atom. The molecule has 0 fully saturated rings. The lowest BCUT2D eigenvalue weighted by Gasteiger charge is -2.26. The molecule has 0 saturated carbocycles. The Kier molecular flexibility index (Phi) is 3.04. The summed E-state index contributed by atoms with van der Waals surface area (Å²) < 4.78 is 0. The third kappa shape index (κ3) is 2.48. The Morgan fingerprint density at radius 2 is 2.38 bits per heavy atom. The molecule has 0 heterocycles. The molecule has 0 aromatic rings. The molecule has 0 aliphatic rings. The number of nitrogens with one attached hydrogen (secondary N) is 2. The second kappa shape index (κ2) is 3.33. The maximum absolute atomic E-state index is 9.87. The van der Waals surface area contributed by atoms with E-state index >= 15 is 0 Å². The van der Waals surface area contributed by atoms with E-state index in [-0.39, 0.29) is 5.12 Å².